The Morgan fingerprint density at radius 2 is 1.85 bits per heavy atom. The van der Waals surface area contributed by atoms with E-state index in [1.165, 1.54) is 12.3 Å². The number of rotatable bonds is 4. The van der Waals surface area contributed by atoms with E-state index in [0.717, 1.165) is 11.8 Å². The van der Waals surface area contributed by atoms with Crippen molar-refractivity contribution in [1.29, 1.82) is 0 Å². The third-order valence-corrected chi connectivity index (χ3v) is 4.33. The SMILES string of the molecule is FC(F)(F)c1nc(SCc2nnc(-c3ccco3)o2)c2ccccc2n1. The number of thioether (sulfide) groups is 1. The molecule has 0 unspecified atom stereocenters. The van der Waals surface area contributed by atoms with Crippen LogP contribution < -0.4 is 0 Å². The minimum atomic E-state index is -4.63. The van der Waals surface area contributed by atoms with Gasteiger partial charge in [0.2, 0.25) is 11.7 Å². The van der Waals surface area contributed by atoms with Crippen molar-refractivity contribution in [3.8, 4) is 11.7 Å². The van der Waals surface area contributed by atoms with Crippen LogP contribution in [0.4, 0.5) is 13.2 Å². The van der Waals surface area contributed by atoms with Gasteiger partial charge in [-0.2, -0.15) is 13.2 Å². The van der Waals surface area contributed by atoms with Gasteiger partial charge in [0.15, 0.2) is 5.76 Å². The lowest BCUT2D eigenvalue weighted by Gasteiger charge is -2.09. The summed E-state index contributed by atoms with van der Waals surface area (Å²) in [6.45, 7) is 0. The van der Waals surface area contributed by atoms with E-state index < -0.39 is 12.0 Å². The van der Waals surface area contributed by atoms with Crippen molar-refractivity contribution in [3.05, 3.63) is 54.4 Å². The fourth-order valence-electron chi connectivity index (χ4n) is 2.23. The van der Waals surface area contributed by atoms with Crippen molar-refractivity contribution in [1.82, 2.24) is 20.2 Å². The van der Waals surface area contributed by atoms with Gasteiger partial charge in [0, 0.05) is 5.39 Å². The monoisotopic (exact) mass is 378 g/mol. The topological polar surface area (TPSA) is 77.8 Å². The van der Waals surface area contributed by atoms with Gasteiger partial charge in [0.25, 0.3) is 5.89 Å². The first-order valence-corrected chi connectivity index (χ1v) is 8.32. The van der Waals surface area contributed by atoms with Crippen molar-refractivity contribution >= 4 is 22.7 Å². The van der Waals surface area contributed by atoms with Crippen molar-refractivity contribution in [2.45, 2.75) is 17.0 Å². The van der Waals surface area contributed by atoms with Crippen LogP contribution in [0.25, 0.3) is 22.6 Å². The molecule has 26 heavy (non-hydrogen) atoms. The first kappa shape index (κ1) is 16.6. The highest BCUT2D eigenvalue weighted by Gasteiger charge is 2.35. The molecule has 132 valence electrons. The lowest BCUT2D eigenvalue weighted by Crippen LogP contribution is -2.11. The second kappa shape index (κ2) is 6.45. The van der Waals surface area contributed by atoms with Gasteiger partial charge in [0.1, 0.15) is 5.03 Å². The largest absolute Gasteiger partial charge is 0.459 e. The number of hydrogen-bond acceptors (Lipinski definition) is 7. The van der Waals surface area contributed by atoms with Crippen LogP contribution in [0.2, 0.25) is 0 Å². The number of hydrogen-bond donors (Lipinski definition) is 0. The molecule has 0 aliphatic rings. The van der Waals surface area contributed by atoms with Crippen molar-refractivity contribution in [3.63, 3.8) is 0 Å². The third kappa shape index (κ3) is 3.27. The fraction of sp³-hybridized carbons (Fsp3) is 0.125. The van der Waals surface area contributed by atoms with Crippen LogP contribution in [0, 0.1) is 0 Å². The number of fused-ring (bicyclic) bond motifs is 1. The Balaban J connectivity index is 1.62. The lowest BCUT2D eigenvalue weighted by atomic mass is 10.2. The molecular formula is C16H9F3N4O2S. The molecule has 4 rings (SSSR count). The van der Waals surface area contributed by atoms with E-state index in [1.807, 2.05) is 0 Å². The molecule has 0 radical (unpaired) electrons. The van der Waals surface area contributed by atoms with Gasteiger partial charge in [-0.05, 0) is 18.2 Å². The van der Waals surface area contributed by atoms with Gasteiger partial charge >= 0.3 is 6.18 Å². The average Bonchev–Trinajstić information content (AvgIpc) is 3.30. The van der Waals surface area contributed by atoms with Crippen molar-refractivity contribution in [2.24, 2.45) is 0 Å². The van der Waals surface area contributed by atoms with E-state index in [2.05, 4.69) is 20.2 Å². The summed E-state index contributed by atoms with van der Waals surface area (Å²) in [4.78, 5) is 7.25. The maximum atomic E-state index is 13.0. The molecule has 0 spiro atoms. The first-order valence-electron chi connectivity index (χ1n) is 7.34. The van der Waals surface area contributed by atoms with Crippen LogP contribution in [-0.2, 0) is 11.9 Å². The number of alkyl halides is 3. The first-order chi connectivity index (χ1) is 12.5. The summed E-state index contributed by atoms with van der Waals surface area (Å²) in [5, 5.41) is 8.45. The van der Waals surface area contributed by atoms with Crippen LogP contribution >= 0.6 is 11.8 Å². The third-order valence-electron chi connectivity index (χ3n) is 3.35. The van der Waals surface area contributed by atoms with E-state index >= 15 is 0 Å². The highest BCUT2D eigenvalue weighted by Crippen LogP contribution is 2.33. The molecule has 0 saturated carbocycles. The highest BCUT2D eigenvalue weighted by atomic mass is 32.2. The molecule has 0 N–H and O–H groups in total. The number of furan rings is 1. The Labute approximate surface area is 148 Å². The second-order valence-corrected chi connectivity index (χ2v) is 6.10. The molecule has 1 aromatic carbocycles. The molecule has 0 aliphatic carbocycles. The van der Waals surface area contributed by atoms with Crippen molar-refractivity contribution < 1.29 is 22.0 Å². The maximum absolute atomic E-state index is 13.0. The zero-order chi connectivity index (χ0) is 18.1. The number of benzene rings is 1. The zero-order valence-electron chi connectivity index (χ0n) is 12.9. The second-order valence-electron chi connectivity index (χ2n) is 5.13. The molecule has 6 nitrogen and oxygen atoms in total. The van der Waals surface area contributed by atoms with Crippen LogP contribution in [0.1, 0.15) is 11.7 Å². The van der Waals surface area contributed by atoms with E-state index in [0.29, 0.717) is 11.1 Å². The van der Waals surface area contributed by atoms with Gasteiger partial charge in [0.05, 0.1) is 17.5 Å². The van der Waals surface area contributed by atoms with Gasteiger partial charge in [-0.3, -0.25) is 0 Å². The molecule has 0 amide bonds. The summed E-state index contributed by atoms with van der Waals surface area (Å²) < 4.78 is 49.7. The Kier molecular flexibility index (Phi) is 4.11. The smallest absolute Gasteiger partial charge is 0.451 e. The number of halogens is 3. The quantitative estimate of drug-likeness (QED) is 0.380. The predicted molar refractivity (Wildman–Crippen MR) is 86.1 cm³/mol. The summed E-state index contributed by atoms with van der Waals surface area (Å²) in [6.07, 6.45) is -3.16. The minimum Gasteiger partial charge on any atom is -0.459 e. The minimum absolute atomic E-state index is 0.159. The number of para-hydroxylation sites is 1. The van der Waals surface area contributed by atoms with E-state index in [4.69, 9.17) is 8.83 Å². The Morgan fingerprint density at radius 1 is 1.00 bits per heavy atom. The molecular weight excluding hydrogens is 369 g/mol. The molecule has 0 saturated heterocycles. The molecule has 0 atom stereocenters. The normalized spacial score (nSPS) is 12.0. The molecule has 10 heteroatoms. The van der Waals surface area contributed by atoms with Gasteiger partial charge < -0.3 is 8.83 Å². The Bertz CT molecular complexity index is 1050. The zero-order valence-corrected chi connectivity index (χ0v) is 13.7. The molecule has 0 aliphatic heterocycles. The number of aromatic nitrogens is 4. The van der Waals surface area contributed by atoms with E-state index in [9.17, 15) is 13.2 Å². The van der Waals surface area contributed by atoms with Gasteiger partial charge in [-0.1, -0.05) is 30.0 Å². The van der Waals surface area contributed by atoms with Gasteiger partial charge in [-0.25, -0.2) is 9.97 Å². The molecule has 0 bridgehead atoms. The molecule has 3 aromatic heterocycles. The maximum Gasteiger partial charge on any atom is 0.451 e. The van der Waals surface area contributed by atoms with Crippen molar-refractivity contribution in [2.75, 3.05) is 0 Å². The predicted octanol–water partition coefficient (Wildman–Crippen LogP) is 4.58. The highest BCUT2D eigenvalue weighted by molar-refractivity contribution is 7.98. The summed E-state index contributed by atoms with van der Waals surface area (Å²) in [7, 11) is 0. The fourth-order valence-corrected chi connectivity index (χ4v) is 3.08. The Hall–Kier alpha value is -2.88. The van der Waals surface area contributed by atoms with Crippen LogP contribution in [0.15, 0.2) is 56.5 Å². The number of nitrogens with zero attached hydrogens (tertiary/aromatic N) is 4. The van der Waals surface area contributed by atoms with E-state index in [1.54, 1.807) is 30.3 Å². The standard InChI is InChI=1S/C16H9F3N4O2S/c17-16(18,19)15-20-10-5-2-1-4-9(10)14(21-15)26-8-12-22-23-13(25-12)11-6-3-7-24-11/h1-7H,8H2. The molecule has 0 fully saturated rings. The van der Waals surface area contributed by atoms with Gasteiger partial charge in [-0.15, -0.1) is 10.2 Å². The Morgan fingerprint density at radius 3 is 2.62 bits per heavy atom. The van der Waals surface area contributed by atoms with Crippen LogP contribution in [0.3, 0.4) is 0 Å². The average molecular weight is 378 g/mol. The summed E-state index contributed by atoms with van der Waals surface area (Å²) in [6, 6.07) is 9.86. The summed E-state index contributed by atoms with van der Waals surface area (Å²) in [5.74, 6) is -0.153. The molecule has 3 heterocycles. The van der Waals surface area contributed by atoms with Crippen LogP contribution in [0.5, 0.6) is 0 Å². The molecule has 4 aromatic rings. The summed E-state index contributed by atoms with van der Waals surface area (Å²) >= 11 is 1.07. The van der Waals surface area contributed by atoms with Crippen LogP contribution in [-0.4, -0.2) is 20.2 Å². The summed E-state index contributed by atoms with van der Waals surface area (Å²) in [5.41, 5.74) is 0.221. The lowest BCUT2D eigenvalue weighted by molar-refractivity contribution is -0.145. The van der Waals surface area contributed by atoms with E-state index in [-0.39, 0.29) is 28.1 Å².